The molecule has 1 aliphatic rings. The molecule has 1 N–H and O–H groups in total. The lowest BCUT2D eigenvalue weighted by atomic mass is 10.3. The first-order chi connectivity index (χ1) is 7.24. The van der Waals surface area contributed by atoms with Crippen LogP contribution in [0.3, 0.4) is 0 Å². The van der Waals surface area contributed by atoms with Crippen LogP contribution in [0.25, 0.3) is 0 Å². The highest BCUT2D eigenvalue weighted by atomic mass is 32.2. The van der Waals surface area contributed by atoms with Gasteiger partial charge in [0.25, 0.3) is 0 Å². The van der Waals surface area contributed by atoms with Crippen LogP contribution in [0.15, 0.2) is 9.52 Å². The highest BCUT2D eigenvalue weighted by Gasteiger charge is 2.13. The van der Waals surface area contributed by atoms with Crippen molar-refractivity contribution in [2.45, 2.75) is 32.9 Å². The van der Waals surface area contributed by atoms with Gasteiger partial charge in [0, 0.05) is 11.8 Å². The van der Waals surface area contributed by atoms with Gasteiger partial charge in [-0.3, -0.25) is 4.99 Å². The highest BCUT2D eigenvalue weighted by Crippen LogP contribution is 2.14. The quantitative estimate of drug-likeness (QED) is 0.824. The van der Waals surface area contributed by atoms with E-state index >= 15 is 0 Å². The Bertz CT molecular complexity index is 363. The summed E-state index contributed by atoms with van der Waals surface area (Å²) < 4.78 is 4.98. The predicted octanol–water partition coefficient (Wildman–Crippen LogP) is 1.35. The number of thioether (sulfide) groups is 1. The van der Waals surface area contributed by atoms with Gasteiger partial charge in [-0.1, -0.05) is 16.9 Å². The molecule has 82 valence electrons. The summed E-state index contributed by atoms with van der Waals surface area (Å²) in [5, 5.41) is 8.01. The SMILES string of the molecule is Cc1noc(CN=C2NC(C)CCS2)n1. The van der Waals surface area contributed by atoms with Crippen molar-refractivity contribution in [2.24, 2.45) is 4.99 Å². The molecule has 2 heterocycles. The molecule has 1 saturated heterocycles. The van der Waals surface area contributed by atoms with Crippen molar-refractivity contribution < 1.29 is 4.52 Å². The minimum absolute atomic E-state index is 0.461. The summed E-state index contributed by atoms with van der Waals surface area (Å²) in [4.78, 5) is 8.48. The molecule has 0 amide bonds. The van der Waals surface area contributed by atoms with Gasteiger partial charge in [0.2, 0.25) is 5.89 Å². The van der Waals surface area contributed by atoms with Crippen LogP contribution in [0.5, 0.6) is 0 Å². The van der Waals surface area contributed by atoms with Gasteiger partial charge in [0.05, 0.1) is 0 Å². The molecular weight excluding hydrogens is 212 g/mol. The molecule has 0 aromatic carbocycles. The Morgan fingerprint density at radius 3 is 3.20 bits per heavy atom. The second kappa shape index (κ2) is 4.65. The third kappa shape index (κ3) is 2.95. The van der Waals surface area contributed by atoms with Crippen LogP contribution in [0, 0.1) is 6.92 Å². The largest absolute Gasteiger partial charge is 0.362 e. The molecule has 0 spiro atoms. The molecule has 15 heavy (non-hydrogen) atoms. The summed E-state index contributed by atoms with van der Waals surface area (Å²) >= 11 is 1.74. The molecule has 6 heteroatoms. The summed E-state index contributed by atoms with van der Waals surface area (Å²) in [6, 6.07) is 0.509. The smallest absolute Gasteiger partial charge is 0.248 e. The Labute approximate surface area is 92.7 Å². The molecule has 5 nitrogen and oxygen atoms in total. The van der Waals surface area contributed by atoms with E-state index in [1.807, 2.05) is 0 Å². The molecular formula is C9H14N4OS. The Morgan fingerprint density at radius 2 is 2.53 bits per heavy atom. The van der Waals surface area contributed by atoms with E-state index in [9.17, 15) is 0 Å². The summed E-state index contributed by atoms with van der Waals surface area (Å²) in [5.41, 5.74) is 0. The standard InChI is InChI=1S/C9H14N4OS/c1-6-3-4-15-9(11-6)10-5-8-12-7(2)13-14-8/h6H,3-5H2,1-2H3,(H,10,11). The van der Waals surface area contributed by atoms with Crippen molar-refractivity contribution in [2.75, 3.05) is 5.75 Å². The van der Waals surface area contributed by atoms with Crippen molar-refractivity contribution in [3.8, 4) is 0 Å². The number of aliphatic imine (C=N–C) groups is 1. The van der Waals surface area contributed by atoms with Crippen LogP contribution < -0.4 is 5.32 Å². The Hall–Kier alpha value is -1.04. The molecule has 1 atom stereocenters. The van der Waals surface area contributed by atoms with Gasteiger partial charge >= 0.3 is 0 Å². The number of rotatable bonds is 2. The summed E-state index contributed by atoms with van der Waals surface area (Å²) in [5.74, 6) is 2.35. The van der Waals surface area contributed by atoms with Gasteiger partial charge < -0.3 is 9.84 Å². The number of aromatic nitrogens is 2. The van der Waals surface area contributed by atoms with Crippen molar-refractivity contribution in [1.29, 1.82) is 0 Å². The molecule has 2 rings (SSSR count). The van der Waals surface area contributed by atoms with Gasteiger partial charge in [-0.05, 0) is 20.3 Å². The van der Waals surface area contributed by atoms with E-state index in [1.54, 1.807) is 18.7 Å². The van der Waals surface area contributed by atoms with E-state index in [4.69, 9.17) is 4.52 Å². The maximum Gasteiger partial charge on any atom is 0.248 e. The van der Waals surface area contributed by atoms with Crippen molar-refractivity contribution in [3.63, 3.8) is 0 Å². The normalized spacial score (nSPS) is 24.1. The zero-order valence-corrected chi connectivity index (χ0v) is 9.67. The van der Waals surface area contributed by atoms with Crippen LogP contribution in [0.1, 0.15) is 25.1 Å². The van der Waals surface area contributed by atoms with E-state index in [2.05, 4.69) is 27.4 Å². The zero-order valence-electron chi connectivity index (χ0n) is 8.86. The van der Waals surface area contributed by atoms with Crippen LogP contribution in [0.2, 0.25) is 0 Å². The van der Waals surface area contributed by atoms with Crippen LogP contribution in [-0.4, -0.2) is 27.1 Å². The summed E-state index contributed by atoms with van der Waals surface area (Å²) in [7, 11) is 0. The average Bonchev–Trinajstić information content (AvgIpc) is 2.62. The van der Waals surface area contributed by atoms with Crippen LogP contribution >= 0.6 is 11.8 Å². The predicted molar refractivity (Wildman–Crippen MR) is 59.8 cm³/mol. The maximum absolute atomic E-state index is 4.98. The Kier molecular flexibility index (Phi) is 3.25. The minimum Gasteiger partial charge on any atom is -0.362 e. The second-order valence-electron chi connectivity index (χ2n) is 3.54. The lowest BCUT2D eigenvalue weighted by Gasteiger charge is -2.21. The van der Waals surface area contributed by atoms with Crippen molar-refractivity contribution in [1.82, 2.24) is 15.5 Å². The molecule has 0 bridgehead atoms. The fourth-order valence-electron chi connectivity index (χ4n) is 1.29. The number of hydrogen-bond donors (Lipinski definition) is 1. The number of aryl methyl sites for hydroxylation is 1. The molecule has 1 unspecified atom stereocenters. The van der Waals surface area contributed by atoms with Crippen molar-refractivity contribution >= 4 is 16.9 Å². The third-order valence-electron chi connectivity index (χ3n) is 2.09. The van der Waals surface area contributed by atoms with Gasteiger partial charge in [-0.2, -0.15) is 4.98 Å². The minimum atomic E-state index is 0.461. The third-order valence-corrected chi connectivity index (χ3v) is 3.05. The summed E-state index contributed by atoms with van der Waals surface area (Å²) in [6.45, 7) is 4.42. The van der Waals surface area contributed by atoms with Crippen molar-refractivity contribution in [3.05, 3.63) is 11.7 Å². The van der Waals surface area contributed by atoms with Gasteiger partial charge in [0.15, 0.2) is 11.0 Å². The lowest BCUT2D eigenvalue weighted by molar-refractivity contribution is 0.376. The average molecular weight is 226 g/mol. The van der Waals surface area contributed by atoms with Gasteiger partial charge in [-0.25, -0.2) is 0 Å². The van der Waals surface area contributed by atoms with E-state index < -0.39 is 0 Å². The van der Waals surface area contributed by atoms with E-state index in [1.165, 1.54) is 6.42 Å². The molecule has 1 fully saturated rings. The molecule has 0 saturated carbocycles. The lowest BCUT2D eigenvalue weighted by Crippen LogP contribution is -2.35. The number of hydrogen-bond acceptors (Lipinski definition) is 5. The number of nitrogens with zero attached hydrogens (tertiary/aromatic N) is 3. The fourth-order valence-corrected chi connectivity index (χ4v) is 2.40. The monoisotopic (exact) mass is 226 g/mol. The second-order valence-corrected chi connectivity index (χ2v) is 4.62. The first-order valence-electron chi connectivity index (χ1n) is 4.97. The highest BCUT2D eigenvalue weighted by molar-refractivity contribution is 8.13. The summed E-state index contributed by atoms with van der Waals surface area (Å²) in [6.07, 6.45) is 1.18. The first-order valence-corrected chi connectivity index (χ1v) is 5.95. The van der Waals surface area contributed by atoms with Gasteiger partial charge in [-0.15, -0.1) is 0 Å². The number of amidine groups is 1. The Balaban J connectivity index is 1.93. The molecule has 0 radical (unpaired) electrons. The molecule has 1 aromatic heterocycles. The topological polar surface area (TPSA) is 63.3 Å². The fraction of sp³-hybridized carbons (Fsp3) is 0.667. The Morgan fingerprint density at radius 1 is 1.67 bits per heavy atom. The maximum atomic E-state index is 4.98. The molecule has 1 aromatic rings. The van der Waals surface area contributed by atoms with Crippen LogP contribution in [0.4, 0.5) is 0 Å². The number of nitrogens with one attached hydrogen (secondary N) is 1. The molecule has 0 aliphatic carbocycles. The first kappa shape index (κ1) is 10.5. The van der Waals surface area contributed by atoms with Crippen LogP contribution in [-0.2, 0) is 6.54 Å². The van der Waals surface area contributed by atoms with Gasteiger partial charge in [0.1, 0.15) is 6.54 Å². The van der Waals surface area contributed by atoms with E-state index in [-0.39, 0.29) is 0 Å². The van der Waals surface area contributed by atoms with E-state index in [0.29, 0.717) is 24.3 Å². The van der Waals surface area contributed by atoms with E-state index in [0.717, 1.165) is 10.9 Å². The molecule has 1 aliphatic heterocycles. The zero-order chi connectivity index (χ0) is 10.7.